The molecule has 0 bridgehead atoms. The molecule has 0 saturated heterocycles. The van der Waals surface area contributed by atoms with Crippen molar-refractivity contribution in [3.05, 3.63) is 90.8 Å². The first kappa shape index (κ1) is 22.4. The quantitative estimate of drug-likeness (QED) is 0.323. The molecule has 3 heterocycles. The summed E-state index contributed by atoms with van der Waals surface area (Å²) in [5.41, 5.74) is 4.47. The molecular formula is C25H21N7O2S. The van der Waals surface area contributed by atoms with Crippen molar-refractivity contribution in [1.29, 1.82) is 0 Å². The van der Waals surface area contributed by atoms with E-state index in [1.165, 1.54) is 13.4 Å². The van der Waals surface area contributed by atoms with Gasteiger partial charge >= 0.3 is 0 Å². The summed E-state index contributed by atoms with van der Waals surface area (Å²) in [6.07, 6.45) is 6.79. The molecule has 1 N–H and O–H groups in total. The van der Waals surface area contributed by atoms with E-state index in [1.54, 1.807) is 24.1 Å². The number of hydrogen-bond acceptors (Lipinski definition) is 9. The molecule has 5 rings (SSSR count). The molecule has 0 spiro atoms. The Morgan fingerprint density at radius 3 is 2.54 bits per heavy atom. The highest BCUT2D eigenvalue weighted by Crippen LogP contribution is 2.31. The van der Waals surface area contributed by atoms with Crippen molar-refractivity contribution in [3.8, 4) is 27.4 Å². The Hall–Kier alpha value is -4.44. The van der Waals surface area contributed by atoms with Crippen molar-refractivity contribution in [2.24, 2.45) is 7.05 Å². The molecule has 0 aliphatic heterocycles. The second-order valence-corrected chi connectivity index (χ2v) is 8.43. The first-order valence-corrected chi connectivity index (χ1v) is 11.5. The lowest BCUT2D eigenvalue weighted by atomic mass is 9.94. The Kier molecular flexibility index (Phi) is 6.27. The zero-order valence-electron chi connectivity index (χ0n) is 19.0. The number of Topliss-reactive ketones (excluding diaryl/α,β-unsaturated/α-hetero) is 1. The zero-order chi connectivity index (χ0) is 24.2. The largest absolute Gasteiger partial charge is 0.472 e. The van der Waals surface area contributed by atoms with Crippen molar-refractivity contribution >= 4 is 23.3 Å². The van der Waals surface area contributed by atoms with Crippen LogP contribution in [0.25, 0.3) is 22.3 Å². The number of methoxy groups -OCH3 is 1. The van der Waals surface area contributed by atoms with Gasteiger partial charge in [0.05, 0.1) is 7.11 Å². The molecule has 1 atom stereocenters. The number of aryl methyl sites for hydroxylation is 1. The number of nitrogens with zero attached hydrogens (tertiary/aromatic N) is 6. The van der Waals surface area contributed by atoms with E-state index in [2.05, 4.69) is 29.7 Å². The third-order valence-electron chi connectivity index (χ3n) is 5.38. The third-order valence-corrected chi connectivity index (χ3v) is 6.06. The highest BCUT2D eigenvalue weighted by molar-refractivity contribution is 7.07. The summed E-state index contributed by atoms with van der Waals surface area (Å²) in [7, 11) is 3.33. The van der Waals surface area contributed by atoms with E-state index in [0.717, 1.165) is 39.3 Å². The SMILES string of the molecule is COc1nc(NC(C(=O)c2nn(C)cc2-c2ccccc2)c2cccc(-c3cncnc3)c2)ns1. The van der Waals surface area contributed by atoms with Crippen LogP contribution in [0.4, 0.5) is 5.95 Å². The molecule has 3 aromatic heterocycles. The van der Waals surface area contributed by atoms with Crippen LogP contribution >= 0.6 is 11.5 Å². The van der Waals surface area contributed by atoms with E-state index in [0.29, 0.717) is 16.8 Å². The molecule has 174 valence electrons. The molecule has 0 fully saturated rings. The van der Waals surface area contributed by atoms with Gasteiger partial charge in [-0.3, -0.25) is 9.48 Å². The lowest BCUT2D eigenvalue weighted by Gasteiger charge is -2.18. The maximum absolute atomic E-state index is 14.0. The van der Waals surface area contributed by atoms with Gasteiger partial charge in [0.25, 0.3) is 5.19 Å². The molecule has 10 heteroatoms. The normalized spacial score (nSPS) is 11.7. The van der Waals surface area contributed by atoms with Crippen LogP contribution in [0.15, 0.2) is 79.5 Å². The summed E-state index contributed by atoms with van der Waals surface area (Å²) in [5, 5.41) is 8.11. The fraction of sp³-hybridized carbons (Fsp3) is 0.120. The lowest BCUT2D eigenvalue weighted by Crippen LogP contribution is -2.23. The van der Waals surface area contributed by atoms with Crippen LogP contribution in [0, 0.1) is 0 Å². The van der Waals surface area contributed by atoms with E-state index in [1.807, 2.05) is 60.8 Å². The van der Waals surface area contributed by atoms with Gasteiger partial charge < -0.3 is 10.1 Å². The lowest BCUT2D eigenvalue weighted by molar-refractivity contribution is 0.0964. The van der Waals surface area contributed by atoms with Gasteiger partial charge in [0, 0.05) is 48.3 Å². The van der Waals surface area contributed by atoms with Gasteiger partial charge in [-0.05, 0) is 22.8 Å². The third kappa shape index (κ3) is 4.78. The fourth-order valence-electron chi connectivity index (χ4n) is 3.76. The summed E-state index contributed by atoms with van der Waals surface area (Å²) >= 11 is 1.11. The minimum atomic E-state index is -0.795. The van der Waals surface area contributed by atoms with Gasteiger partial charge in [0.15, 0.2) is 0 Å². The summed E-state index contributed by atoms with van der Waals surface area (Å²) in [6, 6.07) is 16.6. The highest BCUT2D eigenvalue weighted by atomic mass is 32.1. The molecule has 0 saturated carbocycles. The van der Waals surface area contributed by atoms with E-state index in [9.17, 15) is 4.79 Å². The summed E-state index contributed by atoms with van der Waals surface area (Å²) in [4.78, 5) is 26.6. The Morgan fingerprint density at radius 2 is 1.80 bits per heavy atom. The standard InChI is InChI=1S/C25H21N7O2S/c1-32-14-20(16-7-4-3-5-8-16)22(30-32)23(33)21(28-24-29-25(34-2)35-31-24)18-10-6-9-17(11-18)19-12-26-15-27-13-19/h3-15,21H,1-2H3,(H,28,31). The molecule has 0 aliphatic carbocycles. The fourth-order valence-corrected chi connectivity index (χ4v) is 4.22. The summed E-state index contributed by atoms with van der Waals surface area (Å²) in [6.45, 7) is 0. The number of ether oxygens (including phenoxy) is 1. The predicted octanol–water partition coefficient (Wildman–Crippen LogP) is 4.44. The number of aromatic nitrogens is 6. The predicted molar refractivity (Wildman–Crippen MR) is 133 cm³/mol. The number of ketones is 1. The molecule has 9 nitrogen and oxygen atoms in total. The molecule has 2 aromatic carbocycles. The number of nitrogens with one attached hydrogen (secondary N) is 1. The Bertz CT molecular complexity index is 1450. The molecule has 35 heavy (non-hydrogen) atoms. The van der Waals surface area contributed by atoms with Crippen LogP contribution in [-0.2, 0) is 7.05 Å². The number of rotatable bonds is 8. The Labute approximate surface area is 205 Å². The van der Waals surface area contributed by atoms with E-state index in [-0.39, 0.29) is 5.78 Å². The molecule has 0 aliphatic rings. The second kappa shape index (κ2) is 9.82. The van der Waals surface area contributed by atoms with E-state index in [4.69, 9.17) is 4.74 Å². The number of anilines is 1. The maximum Gasteiger partial charge on any atom is 0.294 e. The monoisotopic (exact) mass is 483 g/mol. The van der Waals surface area contributed by atoms with Crippen LogP contribution in [0.1, 0.15) is 22.1 Å². The minimum absolute atomic E-state index is 0.209. The molecular weight excluding hydrogens is 462 g/mol. The van der Waals surface area contributed by atoms with Crippen molar-refractivity contribution in [3.63, 3.8) is 0 Å². The maximum atomic E-state index is 14.0. The first-order chi connectivity index (χ1) is 17.1. The van der Waals surface area contributed by atoms with Gasteiger partial charge in [-0.15, -0.1) is 4.37 Å². The van der Waals surface area contributed by atoms with Gasteiger partial charge in [-0.25, -0.2) is 9.97 Å². The van der Waals surface area contributed by atoms with Crippen molar-refractivity contribution in [1.82, 2.24) is 29.1 Å². The Balaban J connectivity index is 1.58. The summed E-state index contributed by atoms with van der Waals surface area (Å²) in [5.74, 6) is 0.0931. The van der Waals surface area contributed by atoms with Crippen LogP contribution < -0.4 is 10.1 Å². The number of benzene rings is 2. The van der Waals surface area contributed by atoms with Gasteiger partial charge in [0.2, 0.25) is 11.7 Å². The van der Waals surface area contributed by atoms with Gasteiger partial charge in [-0.2, -0.15) is 10.1 Å². The van der Waals surface area contributed by atoms with Crippen molar-refractivity contribution in [2.75, 3.05) is 12.4 Å². The average molecular weight is 484 g/mol. The van der Waals surface area contributed by atoms with Crippen LogP contribution in [0.3, 0.4) is 0 Å². The number of carbonyl (C=O) groups is 1. The van der Waals surface area contributed by atoms with E-state index >= 15 is 0 Å². The van der Waals surface area contributed by atoms with Gasteiger partial charge in [-0.1, -0.05) is 48.5 Å². The zero-order valence-corrected chi connectivity index (χ0v) is 19.8. The van der Waals surface area contributed by atoms with Gasteiger partial charge in [0.1, 0.15) is 18.1 Å². The number of hydrogen-bond donors (Lipinski definition) is 1. The Morgan fingerprint density at radius 1 is 1.03 bits per heavy atom. The average Bonchev–Trinajstić information content (AvgIpc) is 3.54. The van der Waals surface area contributed by atoms with Crippen LogP contribution in [0.2, 0.25) is 0 Å². The molecule has 0 amide bonds. The topological polar surface area (TPSA) is 108 Å². The van der Waals surface area contributed by atoms with Crippen LogP contribution in [0.5, 0.6) is 5.19 Å². The second-order valence-electron chi connectivity index (χ2n) is 7.71. The molecule has 0 radical (unpaired) electrons. The number of carbonyl (C=O) groups excluding carboxylic acids is 1. The van der Waals surface area contributed by atoms with Crippen molar-refractivity contribution < 1.29 is 9.53 Å². The van der Waals surface area contributed by atoms with Crippen LogP contribution in [-0.4, -0.2) is 42.0 Å². The molecule has 5 aromatic rings. The van der Waals surface area contributed by atoms with Crippen molar-refractivity contribution in [2.45, 2.75) is 6.04 Å². The highest BCUT2D eigenvalue weighted by Gasteiger charge is 2.29. The molecule has 1 unspecified atom stereocenters. The first-order valence-electron chi connectivity index (χ1n) is 10.7. The van der Waals surface area contributed by atoms with E-state index < -0.39 is 6.04 Å². The smallest absolute Gasteiger partial charge is 0.294 e. The summed E-state index contributed by atoms with van der Waals surface area (Å²) < 4.78 is 11.1. The minimum Gasteiger partial charge on any atom is -0.472 e.